The number of nitrogens with zero attached hydrogens (tertiary/aromatic N) is 2. The summed E-state index contributed by atoms with van der Waals surface area (Å²) in [7, 11) is 0. The molecule has 0 spiro atoms. The topological polar surface area (TPSA) is 54.9 Å². The summed E-state index contributed by atoms with van der Waals surface area (Å²) in [6.45, 7) is 4.05. The van der Waals surface area contributed by atoms with Gasteiger partial charge in [0.2, 0.25) is 5.91 Å². The summed E-state index contributed by atoms with van der Waals surface area (Å²) < 4.78 is 0. The van der Waals surface area contributed by atoms with E-state index in [0.717, 1.165) is 40.6 Å². The molecule has 0 atom stereocenters. The number of anilines is 1. The number of hydrogen-bond donors (Lipinski definition) is 1. The summed E-state index contributed by atoms with van der Waals surface area (Å²) in [6, 6.07) is 8.03. The lowest BCUT2D eigenvalue weighted by Crippen LogP contribution is -2.14. The van der Waals surface area contributed by atoms with Gasteiger partial charge in [0.05, 0.1) is 5.75 Å². The number of carbonyl (C=O) groups is 1. The Kier molecular flexibility index (Phi) is 5.45. The fourth-order valence-electron chi connectivity index (χ4n) is 3.48. The SMILES string of the molecule is CCc1ccc(NC(=O)CSc2nc(C)nc3sc4c(c23)CCCC4)cc1. The van der Waals surface area contributed by atoms with Gasteiger partial charge >= 0.3 is 0 Å². The van der Waals surface area contributed by atoms with E-state index in [9.17, 15) is 4.79 Å². The Morgan fingerprint density at radius 2 is 1.96 bits per heavy atom. The molecule has 2 aromatic heterocycles. The van der Waals surface area contributed by atoms with Crippen LogP contribution in [-0.2, 0) is 24.1 Å². The van der Waals surface area contributed by atoms with E-state index in [0.29, 0.717) is 5.75 Å². The molecule has 1 aliphatic carbocycles. The molecule has 6 heteroatoms. The van der Waals surface area contributed by atoms with Gasteiger partial charge in [-0.25, -0.2) is 9.97 Å². The highest BCUT2D eigenvalue weighted by Gasteiger charge is 2.21. The Labute approximate surface area is 167 Å². The lowest BCUT2D eigenvalue weighted by Gasteiger charge is -2.12. The second-order valence-corrected chi connectivity index (χ2v) is 8.90. The second-order valence-electron chi connectivity index (χ2n) is 6.85. The van der Waals surface area contributed by atoms with Crippen LogP contribution in [0.1, 0.15) is 41.6 Å². The minimum absolute atomic E-state index is 0.00207. The lowest BCUT2D eigenvalue weighted by molar-refractivity contribution is -0.113. The van der Waals surface area contributed by atoms with Crippen molar-refractivity contribution in [1.82, 2.24) is 9.97 Å². The first-order valence-corrected chi connectivity index (χ1v) is 11.2. The van der Waals surface area contributed by atoms with Crippen LogP contribution < -0.4 is 5.32 Å². The van der Waals surface area contributed by atoms with E-state index >= 15 is 0 Å². The number of benzene rings is 1. The maximum absolute atomic E-state index is 12.4. The largest absolute Gasteiger partial charge is 0.325 e. The predicted molar refractivity (Wildman–Crippen MR) is 114 cm³/mol. The van der Waals surface area contributed by atoms with E-state index in [1.807, 2.05) is 19.1 Å². The fourth-order valence-corrected chi connectivity index (χ4v) is 5.76. The van der Waals surface area contributed by atoms with Crippen molar-refractivity contribution in [3.05, 3.63) is 46.1 Å². The van der Waals surface area contributed by atoms with Gasteiger partial charge < -0.3 is 5.32 Å². The highest BCUT2D eigenvalue weighted by Crippen LogP contribution is 2.39. The van der Waals surface area contributed by atoms with E-state index < -0.39 is 0 Å². The summed E-state index contributed by atoms with van der Waals surface area (Å²) in [5.41, 5.74) is 3.53. The Hall–Kier alpha value is -1.92. The van der Waals surface area contributed by atoms with Gasteiger partial charge in [0.15, 0.2) is 0 Å². The highest BCUT2D eigenvalue weighted by atomic mass is 32.2. The van der Waals surface area contributed by atoms with Crippen molar-refractivity contribution in [3.63, 3.8) is 0 Å². The van der Waals surface area contributed by atoms with Crippen molar-refractivity contribution in [2.75, 3.05) is 11.1 Å². The number of rotatable bonds is 5. The zero-order valence-electron chi connectivity index (χ0n) is 15.7. The zero-order chi connectivity index (χ0) is 18.8. The molecule has 2 heterocycles. The second kappa shape index (κ2) is 7.98. The molecule has 1 aliphatic rings. The Bertz CT molecular complexity index is 979. The van der Waals surface area contributed by atoms with Crippen LogP contribution in [-0.4, -0.2) is 21.6 Å². The number of amides is 1. The van der Waals surface area contributed by atoms with E-state index in [1.54, 1.807) is 11.3 Å². The number of nitrogens with one attached hydrogen (secondary N) is 1. The minimum atomic E-state index is -0.00207. The Balaban J connectivity index is 1.51. The van der Waals surface area contributed by atoms with Gasteiger partial charge in [-0.05, 0) is 62.3 Å². The molecule has 1 aromatic carbocycles. The zero-order valence-corrected chi connectivity index (χ0v) is 17.3. The van der Waals surface area contributed by atoms with Gasteiger partial charge in [0.1, 0.15) is 15.7 Å². The minimum Gasteiger partial charge on any atom is -0.325 e. The van der Waals surface area contributed by atoms with Crippen molar-refractivity contribution in [2.45, 2.75) is 51.0 Å². The normalized spacial score (nSPS) is 13.6. The molecule has 0 saturated carbocycles. The number of aromatic nitrogens is 2. The Morgan fingerprint density at radius 3 is 2.74 bits per heavy atom. The van der Waals surface area contributed by atoms with E-state index in [1.165, 1.54) is 46.0 Å². The average Bonchev–Trinajstić information content (AvgIpc) is 3.05. The summed E-state index contributed by atoms with van der Waals surface area (Å²) in [5.74, 6) is 1.13. The predicted octanol–water partition coefficient (Wildman–Crippen LogP) is 5.17. The maximum atomic E-state index is 12.4. The summed E-state index contributed by atoms with van der Waals surface area (Å²) in [4.78, 5) is 24.3. The van der Waals surface area contributed by atoms with Crippen molar-refractivity contribution in [3.8, 4) is 0 Å². The van der Waals surface area contributed by atoms with E-state index in [2.05, 4.69) is 34.3 Å². The van der Waals surface area contributed by atoms with Crippen LogP contribution in [0.4, 0.5) is 5.69 Å². The molecular formula is C21H23N3OS2. The molecule has 1 amide bonds. The van der Waals surface area contributed by atoms with Gasteiger partial charge in [0.25, 0.3) is 0 Å². The van der Waals surface area contributed by atoms with Crippen LogP contribution in [0.15, 0.2) is 29.3 Å². The first-order valence-electron chi connectivity index (χ1n) is 9.44. The van der Waals surface area contributed by atoms with Crippen LogP contribution in [0.25, 0.3) is 10.2 Å². The summed E-state index contributed by atoms with van der Waals surface area (Å²) in [5, 5.41) is 5.12. The van der Waals surface area contributed by atoms with Gasteiger partial charge in [-0.1, -0.05) is 30.8 Å². The third kappa shape index (κ3) is 4.01. The smallest absolute Gasteiger partial charge is 0.234 e. The molecule has 0 bridgehead atoms. The number of fused-ring (bicyclic) bond motifs is 3. The monoisotopic (exact) mass is 397 g/mol. The van der Waals surface area contributed by atoms with Gasteiger partial charge in [-0.3, -0.25) is 4.79 Å². The number of aryl methyl sites for hydroxylation is 4. The number of hydrogen-bond acceptors (Lipinski definition) is 5. The third-order valence-corrected chi connectivity index (χ3v) is 7.04. The van der Waals surface area contributed by atoms with Crippen LogP contribution in [0.3, 0.4) is 0 Å². The van der Waals surface area contributed by atoms with Crippen molar-refractivity contribution in [2.24, 2.45) is 0 Å². The molecule has 4 nitrogen and oxygen atoms in total. The lowest BCUT2D eigenvalue weighted by atomic mass is 9.97. The highest BCUT2D eigenvalue weighted by molar-refractivity contribution is 8.00. The van der Waals surface area contributed by atoms with Gasteiger partial charge in [-0.2, -0.15) is 0 Å². The van der Waals surface area contributed by atoms with E-state index in [4.69, 9.17) is 0 Å². The maximum Gasteiger partial charge on any atom is 0.234 e. The number of carbonyl (C=O) groups excluding carboxylic acids is 1. The summed E-state index contributed by atoms with van der Waals surface area (Å²) in [6.07, 6.45) is 5.73. The molecule has 1 N–H and O–H groups in total. The standard InChI is InChI=1S/C21H23N3OS2/c1-3-14-8-10-15(11-9-14)24-18(25)12-26-20-19-16-6-4-5-7-17(16)27-21(19)23-13(2)22-20/h8-11H,3-7,12H2,1-2H3,(H,24,25). The third-order valence-electron chi connectivity index (χ3n) is 4.88. The van der Waals surface area contributed by atoms with Crippen LogP contribution in [0.5, 0.6) is 0 Å². The quantitative estimate of drug-likeness (QED) is 0.476. The molecule has 27 heavy (non-hydrogen) atoms. The van der Waals surface area contributed by atoms with Gasteiger partial charge in [0, 0.05) is 16.0 Å². The molecule has 4 rings (SSSR count). The first-order chi connectivity index (χ1) is 13.1. The Morgan fingerprint density at radius 1 is 1.19 bits per heavy atom. The summed E-state index contributed by atoms with van der Waals surface area (Å²) >= 11 is 3.32. The van der Waals surface area contributed by atoms with Crippen LogP contribution in [0.2, 0.25) is 0 Å². The molecule has 0 saturated heterocycles. The molecule has 0 unspecified atom stereocenters. The molecular weight excluding hydrogens is 374 g/mol. The number of thioether (sulfide) groups is 1. The molecule has 0 radical (unpaired) electrons. The molecule has 3 aromatic rings. The van der Waals surface area contributed by atoms with Crippen LogP contribution in [0, 0.1) is 6.92 Å². The average molecular weight is 398 g/mol. The van der Waals surface area contributed by atoms with Crippen molar-refractivity contribution >= 4 is 44.9 Å². The molecule has 0 aliphatic heterocycles. The first kappa shape index (κ1) is 18.4. The van der Waals surface area contributed by atoms with Gasteiger partial charge in [-0.15, -0.1) is 11.3 Å². The fraction of sp³-hybridized carbons (Fsp3) is 0.381. The number of thiophene rings is 1. The molecule has 140 valence electrons. The molecule has 0 fully saturated rings. The van der Waals surface area contributed by atoms with Crippen LogP contribution >= 0.6 is 23.1 Å². The van der Waals surface area contributed by atoms with Crippen molar-refractivity contribution < 1.29 is 4.79 Å². The van der Waals surface area contributed by atoms with Crippen molar-refractivity contribution in [1.29, 1.82) is 0 Å². The van der Waals surface area contributed by atoms with E-state index in [-0.39, 0.29) is 5.91 Å².